The number of carbonyl (C=O) groups is 1. The molecule has 2 N–H and O–H groups in total. The summed E-state index contributed by atoms with van der Waals surface area (Å²) in [5.74, 6) is -0.655. The molecule has 0 aliphatic carbocycles. The molecule has 5 nitrogen and oxygen atoms in total. The lowest BCUT2D eigenvalue weighted by Gasteiger charge is -2.17. The monoisotopic (exact) mass is 345 g/mol. The maximum Gasteiger partial charge on any atom is 0.573 e. The molecule has 9 heteroatoms. The van der Waals surface area contributed by atoms with Crippen LogP contribution in [0.4, 0.5) is 13.2 Å². The number of hydrogen-bond acceptors (Lipinski definition) is 5. The summed E-state index contributed by atoms with van der Waals surface area (Å²) in [7, 11) is 1.54. The van der Waals surface area contributed by atoms with Gasteiger partial charge in [0.25, 0.3) is 5.91 Å². The van der Waals surface area contributed by atoms with Gasteiger partial charge in [0.05, 0.1) is 0 Å². The average Bonchev–Trinajstić information content (AvgIpc) is 2.93. The van der Waals surface area contributed by atoms with Crippen LogP contribution in [0.25, 0.3) is 0 Å². The summed E-state index contributed by atoms with van der Waals surface area (Å²) in [5, 5.41) is 2.24. The van der Waals surface area contributed by atoms with Crippen LogP contribution in [-0.4, -0.2) is 29.2 Å². The van der Waals surface area contributed by atoms with Crippen LogP contribution in [-0.2, 0) is 13.1 Å². The molecule has 1 aromatic heterocycles. The number of carbonyl (C=O) groups excluding carboxylic acids is 1. The van der Waals surface area contributed by atoms with E-state index in [0.717, 1.165) is 0 Å². The van der Waals surface area contributed by atoms with E-state index in [9.17, 15) is 18.0 Å². The number of nitrogens with two attached hydrogens (primary N) is 1. The number of ether oxygens (including phenoxy) is 1. The largest absolute Gasteiger partial charge is 0.573 e. The second-order valence-corrected chi connectivity index (χ2v) is 5.63. The van der Waals surface area contributed by atoms with Gasteiger partial charge in [-0.25, -0.2) is 4.98 Å². The highest BCUT2D eigenvalue weighted by molar-refractivity contribution is 7.09. The third-order valence-corrected chi connectivity index (χ3v) is 3.72. The predicted molar refractivity (Wildman–Crippen MR) is 78.9 cm³/mol. The zero-order chi connectivity index (χ0) is 17.0. The predicted octanol–water partition coefficient (Wildman–Crippen LogP) is 2.77. The van der Waals surface area contributed by atoms with Gasteiger partial charge in [-0.3, -0.25) is 4.79 Å². The maximum atomic E-state index is 12.2. The van der Waals surface area contributed by atoms with Gasteiger partial charge >= 0.3 is 6.36 Å². The Bertz CT molecular complexity index is 688. The fourth-order valence-electron chi connectivity index (χ4n) is 1.89. The summed E-state index contributed by atoms with van der Waals surface area (Å²) >= 11 is 1.28. The number of thiazole rings is 1. The Labute approximate surface area is 134 Å². The molecule has 1 amide bonds. The molecular formula is C14H14F3N3O2S. The molecule has 1 heterocycles. The summed E-state index contributed by atoms with van der Waals surface area (Å²) in [6, 6.07) is 5.49. The summed E-state index contributed by atoms with van der Waals surface area (Å²) < 4.78 is 40.5. The van der Waals surface area contributed by atoms with Crippen LogP contribution in [0.5, 0.6) is 5.75 Å². The first-order valence-electron chi connectivity index (χ1n) is 6.53. The molecule has 1 aromatic carbocycles. The number of nitrogens with zero attached hydrogens (tertiary/aromatic N) is 2. The van der Waals surface area contributed by atoms with E-state index in [1.165, 1.54) is 34.4 Å². The molecule has 0 fully saturated rings. The van der Waals surface area contributed by atoms with Crippen LogP contribution in [0.3, 0.4) is 0 Å². The van der Waals surface area contributed by atoms with Gasteiger partial charge in [-0.2, -0.15) is 0 Å². The quantitative estimate of drug-likeness (QED) is 0.905. The smallest absolute Gasteiger partial charge is 0.406 e. The van der Waals surface area contributed by atoms with E-state index in [1.54, 1.807) is 18.5 Å². The van der Waals surface area contributed by atoms with Crippen molar-refractivity contribution in [2.24, 2.45) is 5.73 Å². The standard InChI is InChI=1S/C14H14F3N3O2S/c1-20(13(21)11-8-23-12(6-18)19-11)7-9-3-2-4-10(5-9)22-14(15,16)17/h2-5,8H,6-7,18H2,1H3. The minimum atomic E-state index is -4.75. The first-order chi connectivity index (χ1) is 10.8. The van der Waals surface area contributed by atoms with E-state index in [4.69, 9.17) is 5.73 Å². The minimum Gasteiger partial charge on any atom is -0.406 e. The van der Waals surface area contributed by atoms with E-state index in [1.807, 2.05) is 0 Å². The number of benzene rings is 1. The van der Waals surface area contributed by atoms with E-state index in [2.05, 4.69) is 9.72 Å². The number of alkyl halides is 3. The topological polar surface area (TPSA) is 68.5 Å². The summed E-state index contributed by atoms with van der Waals surface area (Å²) in [6.45, 7) is 0.377. The van der Waals surface area contributed by atoms with Crippen molar-refractivity contribution in [2.75, 3.05) is 7.05 Å². The van der Waals surface area contributed by atoms with E-state index < -0.39 is 6.36 Å². The van der Waals surface area contributed by atoms with Crippen molar-refractivity contribution in [3.8, 4) is 5.75 Å². The highest BCUT2D eigenvalue weighted by Crippen LogP contribution is 2.24. The molecule has 0 aliphatic heterocycles. The third kappa shape index (κ3) is 4.93. The van der Waals surface area contributed by atoms with Crippen molar-refractivity contribution >= 4 is 17.2 Å². The fraction of sp³-hybridized carbons (Fsp3) is 0.286. The number of hydrogen-bond donors (Lipinski definition) is 1. The first-order valence-corrected chi connectivity index (χ1v) is 7.41. The average molecular weight is 345 g/mol. The van der Waals surface area contributed by atoms with Crippen LogP contribution in [0.1, 0.15) is 21.1 Å². The number of amides is 1. The number of halogens is 3. The van der Waals surface area contributed by atoms with Gasteiger partial charge in [0.1, 0.15) is 16.5 Å². The van der Waals surface area contributed by atoms with E-state index >= 15 is 0 Å². The van der Waals surface area contributed by atoms with Crippen molar-refractivity contribution in [1.29, 1.82) is 0 Å². The molecule has 0 atom stereocenters. The third-order valence-electron chi connectivity index (χ3n) is 2.84. The lowest BCUT2D eigenvalue weighted by Crippen LogP contribution is -2.26. The van der Waals surface area contributed by atoms with Crippen molar-refractivity contribution in [3.63, 3.8) is 0 Å². The van der Waals surface area contributed by atoms with Crippen molar-refractivity contribution in [2.45, 2.75) is 19.5 Å². The molecule has 0 unspecified atom stereocenters. The van der Waals surface area contributed by atoms with Crippen LogP contribution >= 0.6 is 11.3 Å². The Hall–Kier alpha value is -2.13. The van der Waals surface area contributed by atoms with Gasteiger partial charge in [-0.05, 0) is 17.7 Å². The van der Waals surface area contributed by atoms with Crippen molar-refractivity contribution < 1.29 is 22.7 Å². The molecular weight excluding hydrogens is 331 g/mol. The van der Waals surface area contributed by atoms with Gasteiger partial charge in [-0.1, -0.05) is 12.1 Å². The second-order valence-electron chi connectivity index (χ2n) is 4.69. The van der Waals surface area contributed by atoms with Gasteiger partial charge in [-0.15, -0.1) is 24.5 Å². The van der Waals surface area contributed by atoms with Gasteiger partial charge in [0, 0.05) is 25.5 Å². The van der Waals surface area contributed by atoms with Crippen LogP contribution in [0, 0.1) is 0 Å². The Morgan fingerprint density at radius 3 is 2.78 bits per heavy atom. The lowest BCUT2D eigenvalue weighted by atomic mass is 10.2. The molecule has 0 saturated heterocycles. The molecule has 0 saturated carbocycles. The number of aromatic nitrogens is 1. The van der Waals surface area contributed by atoms with Crippen LogP contribution in [0.15, 0.2) is 29.6 Å². The first kappa shape index (κ1) is 17.2. The van der Waals surface area contributed by atoms with E-state index in [0.29, 0.717) is 10.6 Å². The Balaban J connectivity index is 2.06. The fourth-order valence-corrected chi connectivity index (χ4v) is 2.53. The molecule has 23 heavy (non-hydrogen) atoms. The zero-order valence-electron chi connectivity index (χ0n) is 12.1. The molecule has 2 rings (SSSR count). The maximum absolute atomic E-state index is 12.2. The molecule has 0 spiro atoms. The van der Waals surface area contributed by atoms with Crippen LogP contribution in [0.2, 0.25) is 0 Å². The van der Waals surface area contributed by atoms with Crippen molar-refractivity contribution in [3.05, 3.63) is 45.9 Å². The van der Waals surface area contributed by atoms with Gasteiger partial charge in [0.2, 0.25) is 0 Å². The van der Waals surface area contributed by atoms with Crippen LogP contribution < -0.4 is 10.5 Å². The molecule has 2 aromatic rings. The van der Waals surface area contributed by atoms with Gasteiger partial charge < -0.3 is 15.4 Å². The van der Waals surface area contributed by atoms with Gasteiger partial charge in [0.15, 0.2) is 0 Å². The Morgan fingerprint density at radius 2 is 2.17 bits per heavy atom. The Morgan fingerprint density at radius 1 is 1.43 bits per heavy atom. The zero-order valence-corrected chi connectivity index (χ0v) is 12.9. The molecule has 0 bridgehead atoms. The molecule has 0 radical (unpaired) electrons. The minimum absolute atomic E-state index is 0.128. The molecule has 0 aliphatic rings. The summed E-state index contributed by atoms with van der Waals surface area (Å²) in [4.78, 5) is 17.7. The summed E-state index contributed by atoms with van der Waals surface area (Å²) in [6.07, 6.45) is -4.75. The highest BCUT2D eigenvalue weighted by Gasteiger charge is 2.31. The SMILES string of the molecule is CN(Cc1cccc(OC(F)(F)F)c1)C(=O)c1csc(CN)n1. The normalized spacial score (nSPS) is 11.3. The summed E-state index contributed by atoms with van der Waals surface area (Å²) in [5.41, 5.74) is 6.22. The molecule has 124 valence electrons. The van der Waals surface area contributed by atoms with E-state index in [-0.39, 0.29) is 30.4 Å². The van der Waals surface area contributed by atoms with Crippen molar-refractivity contribution in [1.82, 2.24) is 9.88 Å². The number of rotatable bonds is 5. The highest BCUT2D eigenvalue weighted by atomic mass is 32.1. The Kier molecular flexibility index (Phi) is 5.22. The lowest BCUT2D eigenvalue weighted by molar-refractivity contribution is -0.274. The second kappa shape index (κ2) is 6.97.